The number of nitrogens with one attached hydrogen (secondary N) is 1. The molecule has 3 unspecified atom stereocenters. The first-order chi connectivity index (χ1) is 9.19. The van der Waals surface area contributed by atoms with Crippen LogP contribution in [0.4, 0.5) is 0 Å². The number of benzene rings is 1. The van der Waals surface area contributed by atoms with E-state index < -0.39 is 0 Å². The summed E-state index contributed by atoms with van der Waals surface area (Å²) in [5, 5.41) is 3.57. The lowest BCUT2D eigenvalue weighted by Gasteiger charge is -2.41. The van der Waals surface area contributed by atoms with Crippen LogP contribution in [0.15, 0.2) is 18.2 Å². The van der Waals surface area contributed by atoms with Gasteiger partial charge in [-0.1, -0.05) is 6.07 Å². The molecule has 3 heteroatoms. The molecule has 0 spiro atoms. The Kier molecular flexibility index (Phi) is 3.50. The van der Waals surface area contributed by atoms with Crippen molar-refractivity contribution in [2.24, 2.45) is 0 Å². The van der Waals surface area contributed by atoms with E-state index in [1.54, 1.807) is 7.11 Å². The number of methoxy groups -OCH3 is 1. The van der Waals surface area contributed by atoms with Gasteiger partial charge in [-0.2, -0.15) is 0 Å². The Hall–Kier alpha value is -1.06. The molecule has 0 radical (unpaired) electrons. The van der Waals surface area contributed by atoms with Crippen LogP contribution in [-0.2, 0) is 6.42 Å². The summed E-state index contributed by atoms with van der Waals surface area (Å²) in [6, 6.07) is 8.34. The van der Waals surface area contributed by atoms with Crippen molar-refractivity contribution in [1.29, 1.82) is 0 Å². The third kappa shape index (κ3) is 2.37. The molecule has 3 rings (SSSR count). The van der Waals surface area contributed by atoms with Crippen molar-refractivity contribution in [3.63, 3.8) is 0 Å². The lowest BCUT2D eigenvalue weighted by Crippen LogP contribution is -2.54. The van der Waals surface area contributed by atoms with E-state index in [0.717, 1.165) is 18.8 Å². The molecule has 0 bridgehead atoms. The third-order valence-electron chi connectivity index (χ3n) is 4.61. The molecule has 3 atom stereocenters. The number of nitrogens with zero attached hydrogens (tertiary/aromatic N) is 1. The highest BCUT2D eigenvalue weighted by atomic mass is 16.5. The van der Waals surface area contributed by atoms with Gasteiger partial charge < -0.3 is 10.1 Å². The zero-order chi connectivity index (χ0) is 13.4. The first-order valence-electron chi connectivity index (χ1n) is 7.35. The Balaban J connectivity index is 1.88. The van der Waals surface area contributed by atoms with Crippen molar-refractivity contribution in [3.05, 3.63) is 29.3 Å². The average Bonchev–Trinajstić information content (AvgIpc) is 2.84. The highest BCUT2D eigenvalue weighted by molar-refractivity contribution is 5.41. The van der Waals surface area contributed by atoms with E-state index in [2.05, 4.69) is 42.3 Å². The summed E-state index contributed by atoms with van der Waals surface area (Å²) in [4.78, 5) is 2.67. The Morgan fingerprint density at radius 3 is 2.95 bits per heavy atom. The maximum Gasteiger partial charge on any atom is 0.119 e. The maximum atomic E-state index is 5.39. The summed E-state index contributed by atoms with van der Waals surface area (Å²) >= 11 is 0. The standard InChI is InChI=1S/C16H24N2O/c1-11-10-18(12(2)9-17-11)16-7-5-13-4-6-14(19-3)8-15(13)16/h4,6,8,11-12,16-17H,5,7,9-10H2,1-3H3. The van der Waals surface area contributed by atoms with Gasteiger partial charge in [0.2, 0.25) is 0 Å². The zero-order valence-electron chi connectivity index (χ0n) is 12.1. The molecule has 1 heterocycles. The van der Waals surface area contributed by atoms with E-state index in [4.69, 9.17) is 4.74 Å². The lowest BCUT2D eigenvalue weighted by molar-refractivity contribution is 0.0949. The number of fused-ring (bicyclic) bond motifs is 1. The predicted octanol–water partition coefficient (Wildman–Crippen LogP) is 2.36. The molecule has 1 aromatic rings. The van der Waals surface area contributed by atoms with Crippen LogP contribution >= 0.6 is 0 Å². The van der Waals surface area contributed by atoms with Gasteiger partial charge in [-0.05, 0) is 49.9 Å². The highest BCUT2D eigenvalue weighted by Gasteiger charge is 2.33. The number of hydrogen-bond acceptors (Lipinski definition) is 3. The van der Waals surface area contributed by atoms with Crippen LogP contribution in [0.3, 0.4) is 0 Å². The molecule has 19 heavy (non-hydrogen) atoms. The molecular formula is C16H24N2O. The molecule has 0 saturated carbocycles. The van der Waals surface area contributed by atoms with Gasteiger partial charge >= 0.3 is 0 Å². The number of rotatable bonds is 2. The van der Waals surface area contributed by atoms with Crippen LogP contribution < -0.4 is 10.1 Å². The molecule has 2 aliphatic rings. The molecule has 104 valence electrons. The fraction of sp³-hybridized carbons (Fsp3) is 0.625. The first-order valence-corrected chi connectivity index (χ1v) is 7.35. The molecule has 1 aliphatic carbocycles. The predicted molar refractivity (Wildman–Crippen MR) is 77.7 cm³/mol. The molecule has 1 aromatic carbocycles. The fourth-order valence-electron chi connectivity index (χ4n) is 3.51. The summed E-state index contributed by atoms with van der Waals surface area (Å²) in [5.41, 5.74) is 2.99. The zero-order valence-corrected chi connectivity index (χ0v) is 12.1. The van der Waals surface area contributed by atoms with Gasteiger partial charge in [0, 0.05) is 31.2 Å². The van der Waals surface area contributed by atoms with Crippen molar-refractivity contribution in [1.82, 2.24) is 10.2 Å². The van der Waals surface area contributed by atoms with Gasteiger partial charge in [-0.15, -0.1) is 0 Å². The maximum absolute atomic E-state index is 5.39. The minimum atomic E-state index is 0.574. The SMILES string of the molecule is COc1ccc2c(c1)C(N1CC(C)NCC1C)CC2. The van der Waals surface area contributed by atoms with E-state index in [9.17, 15) is 0 Å². The van der Waals surface area contributed by atoms with Crippen LogP contribution in [0, 0.1) is 0 Å². The van der Waals surface area contributed by atoms with Gasteiger partial charge in [0.1, 0.15) is 5.75 Å². The minimum absolute atomic E-state index is 0.574. The smallest absolute Gasteiger partial charge is 0.119 e. The first kappa shape index (κ1) is 12.9. The van der Waals surface area contributed by atoms with Crippen molar-refractivity contribution < 1.29 is 4.74 Å². The molecule has 1 fully saturated rings. The van der Waals surface area contributed by atoms with Gasteiger partial charge in [-0.25, -0.2) is 0 Å². The molecule has 1 N–H and O–H groups in total. The summed E-state index contributed by atoms with van der Waals surface area (Å²) in [6.07, 6.45) is 2.45. The van der Waals surface area contributed by atoms with E-state index in [1.807, 2.05) is 0 Å². The van der Waals surface area contributed by atoms with E-state index in [1.165, 1.54) is 24.0 Å². The van der Waals surface area contributed by atoms with Gasteiger partial charge in [-0.3, -0.25) is 4.90 Å². The van der Waals surface area contributed by atoms with Crippen LogP contribution in [0.2, 0.25) is 0 Å². The molecule has 3 nitrogen and oxygen atoms in total. The number of ether oxygens (including phenoxy) is 1. The summed E-state index contributed by atoms with van der Waals surface area (Å²) in [6.45, 7) is 6.84. The Morgan fingerprint density at radius 2 is 2.16 bits per heavy atom. The summed E-state index contributed by atoms with van der Waals surface area (Å²) in [7, 11) is 1.75. The number of piperazine rings is 1. The summed E-state index contributed by atoms with van der Waals surface area (Å²) in [5.74, 6) is 0.987. The van der Waals surface area contributed by atoms with Crippen molar-refractivity contribution in [2.45, 2.75) is 44.8 Å². The molecule has 0 aromatic heterocycles. The second-order valence-corrected chi connectivity index (χ2v) is 5.97. The van der Waals surface area contributed by atoms with E-state index in [-0.39, 0.29) is 0 Å². The Bertz CT molecular complexity index is 460. The van der Waals surface area contributed by atoms with Crippen molar-refractivity contribution >= 4 is 0 Å². The van der Waals surface area contributed by atoms with Gasteiger partial charge in [0.05, 0.1) is 7.11 Å². The second-order valence-electron chi connectivity index (χ2n) is 5.97. The number of aryl methyl sites for hydroxylation is 1. The van der Waals surface area contributed by atoms with Gasteiger partial charge in [0.15, 0.2) is 0 Å². The van der Waals surface area contributed by atoms with Crippen LogP contribution in [-0.4, -0.2) is 37.2 Å². The van der Waals surface area contributed by atoms with E-state index >= 15 is 0 Å². The Labute approximate surface area is 115 Å². The molecule has 1 aliphatic heterocycles. The van der Waals surface area contributed by atoms with Crippen LogP contribution in [0.1, 0.15) is 37.4 Å². The second kappa shape index (κ2) is 5.14. The van der Waals surface area contributed by atoms with Crippen molar-refractivity contribution in [2.75, 3.05) is 20.2 Å². The normalized spacial score (nSPS) is 31.2. The van der Waals surface area contributed by atoms with Gasteiger partial charge in [0.25, 0.3) is 0 Å². The molecular weight excluding hydrogens is 236 g/mol. The number of hydrogen-bond donors (Lipinski definition) is 1. The lowest BCUT2D eigenvalue weighted by atomic mass is 10.0. The third-order valence-corrected chi connectivity index (χ3v) is 4.61. The quantitative estimate of drug-likeness (QED) is 0.883. The Morgan fingerprint density at radius 1 is 1.32 bits per heavy atom. The largest absolute Gasteiger partial charge is 0.497 e. The van der Waals surface area contributed by atoms with E-state index in [0.29, 0.717) is 18.1 Å². The molecule has 1 saturated heterocycles. The monoisotopic (exact) mass is 260 g/mol. The highest BCUT2D eigenvalue weighted by Crippen LogP contribution is 2.39. The van der Waals surface area contributed by atoms with Crippen LogP contribution in [0.5, 0.6) is 5.75 Å². The fourth-order valence-corrected chi connectivity index (χ4v) is 3.51. The topological polar surface area (TPSA) is 24.5 Å². The summed E-state index contributed by atoms with van der Waals surface area (Å²) < 4.78 is 5.39. The van der Waals surface area contributed by atoms with Crippen molar-refractivity contribution in [3.8, 4) is 5.75 Å². The molecule has 0 amide bonds. The minimum Gasteiger partial charge on any atom is -0.497 e. The average molecular weight is 260 g/mol. The van der Waals surface area contributed by atoms with Crippen LogP contribution in [0.25, 0.3) is 0 Å².